The van der Waals surface area contributed by atoms with Crippen molar-refractivity contribution in [3.05, 3.63) is 34.1 Å². The Morgan fingerprint density at radius 3 is 2.60 bits per heavy atom. The molecule has 0 bridgehead atoms. The highest BCUT2D eigenvalue weighted by molar-refractivity contribution is 9.10. The molecule has 2 rings (SSSR count). The zero-order valence-electron chi connectivity index (χ0n) is 10.8. The van der Waals surface area contributed by atoms with E-state index in [2.05, 4.69) is 15.9 Å². The summed E-state index contributed by atoms with van der Waals surface area (Å²) in [6, 6.07) is 3.98. The van der Waals surface area contributed by atoms with Crippen LogP contribution in [0, 0.1) is 5.82 Å². The van der Waals surface area contributed by atoms with Gasteiger partial charge in [-0.05, 0) is 31.0 Å². The topological polar surface area (TPSA) is 57.6 Å². The lowest BCUT2D eigenvalue weighted by Gasteiger charge is -2.27. The van der Waals surface area contributed by atoms with Crippen LogP contribution in [0.2, 0.25) is 0 Å². The molecule has 0 radical (unpaired) electrons. The van der Waals surface area contributed by atoms with Crippen molar-refractivity contribution in [2.45, 2.75) is 31.7 Å². The molecule has 1 aromatic carbocycles. The predicted octanol–water partition coefficient (Wildman–Crippen LogP) is 3.06. The maximum Gasteiger partial charge on any atom is 0.323 e. The molecule has 0 saturated heterocycles. The first-order chi connectivity index (χ1) is 9.49. The van der Waals surface area contributed by atoms with Crippen LogP contribution in [0.15, 0.2) is 22.7 Å². The van der Waals surface area contributed by atoms with E-state index < -0.39 is 24.2 Å². The lowest BCUT2D eigenvalue weighted by atomic mass is 10.1. The second-order valence-corrected chi connectivity index (χ2v) is 5.80. The molecule has 1 N–H and O–H groups in total. The smallest absolute Gasteiger partial charge is 0.323 e. The monoisotopic (exact) mass is 343 g/mol. The lowest BCUT2D eigenvalue weighted by Crippen LogP contribution is -2.42. The maximum atomic E-state index is 13.8. The van der Waals surface area contributed by atoms with Crippen LogP contribution in [0.25, 0.3) is 0 Å². The number of carbonyl (C=O) groups is 2. The van der Waals surface area contributed by atoms with E-state index in [4.69, 9.17) is 5.11 Å². The first kappa shape index (κ1) is 15.0. The van der Waals surface area contributed by atoms with Crippen LogP contribution in [-0.2, 0) is 4.79 Å². The summed E-state index contributed by atoms with van der Waals surface area (Å²) in [7, 11) is 0. The second kappa shape index (κ2) is 6.35. The van der Waals surface area contributed by atoms with E-state index in [0.29, 0.717) is 4.47 Å². The summed E-state index contributed by atoms with van der Waals surface area (Å²) in [5, 5.41) is 8.97. The van der Waals surface area contributed by atoms with Gasteiger partial charge in [0.1, 0.15) is 12.4 Å². The molecule has 1 aliphatic rings. The van der Waals surface area contributed by atoms with Gasteiger partial charge in [-0.1, -0.05) is 28.8 Å². The van der Waals surface area contributed by atoms with Gasteiger partial charge in [-0.15, -0.1) is 0 Å². The van der Waals surface area contributed by atoms with Gasteiger partial charge < -0.3 is 10.0 Å². The first-order valence-electron chi connectivity index (χ1n) is 6.47. The minimum absolute atomic E-state index is 0.0903. The second-order valence-electron chi connectivity index (χ2n) is 4.89. The standard InChI is InChI=1S/C14H15BrFNO3/c15-9-5-6-12(16)11(7-9)14(20)17(8-13(18)19)10-3-1-2-4-10/h5-7,10H,1-4,8H2,(H,18,19). The average molecular weight is 344 g/mol. The van der Waals surface area contributed by atoms with Crippen LogP contribution in [0.3, 0.4) is 0 Å². The van der Waals surface area contributed by atoms with E-state index in [9.17, 15) is 14.0 Å². The summed E-state index contributed by atoms with van der Waals surface area (Å²) in [6.45, 7) is -0.393. The summed E-state index contributed by atoms with van der Waals surface area (Å²) >= 11 is 3.19. The Morgan fingerprint density at radius 1 is 1.35 bits per heavy atom. The zero-order chi connectivity index (χ0) is 14.7. The molecule has 0 aromatic heterocycles. The molecule has 0 spiro atoms. The molecule has 1 fully saturated rings. The lowest BCUT2D eigenvalue weighted by molar-refractivity contribution is -0.138. The molecule has 1 amide bonds. The van der Waals surface area contributed by atoms with E-state index in [1.165, 1.54) is 23.1 Å². The fourth-order valence-electron chi connectivity index (χ4n) is 2.54. The number of rotatable bonds is 4. The summed E-state index contributed by atoms with van der Waals surface area (Å²) in [6.07, 6.45) is 3.48. The molecule has 0 atom stereocenters. The molecule has 20 heavy (non-hydrogen) atoms. The zero-order valence-corrected chi connectivity index (χ0v) is 12.4. The van der Waals surface area contributed by atoms with Crippen molar-refractivity contribution in [2.75, 3.05) is 6.54 Å². The van der Waals surface area contributed by atoms with Crippen LogP contribution < -0.4 is 0 Å². The number of carbonyl (C=O) groups excluding carboxylic acids is 1. The van der Waals surface area contributed by atoms with Crippen molar-refractivity contribution in [3.63, 3.8) is 0 Å². The number of hydrogen-bond donors (Lipinski definition) is 1. The van der Waals surface area contributed by atoms with E-state index in [-0.39, 0.29) is 11.6 Å². The highest BCUT2D eigenvalue weighted by atomic mass is 79.9. The van der Waals surface area contributed by atoms with Crippen molar-refractivity contribution >= 4 is 27.8 Å². The number of benzene rings is 1. The Hall–Kier alpha value is -1.43. The largest absolute Gasteiger partial charge is 0.480 e. The van der Waals surface area contributed by atoms with Gasteiger partial charge in [0.2, 0.25) is 0 Å². The van der Waals surface area contributed by atoms with E-state index in [1.54, 1.807) is 0 Å². The quantitative estimate of drug-likeness (QED) is 0.913. The molecule has 108 valence electrons. The van der Waals surface area contributed by atoms with Gasteiger partial charge in [-0.25, -0.2) is 4.39 Å². The molecular weight excluding hydrogens is 329 g/mol. The van der Waals surface area contributed by atoms with Crippen molar-refractivity contribution in [3.8, 4) is 0 Å². The molecule has 4 nitrogen and oxygen atoms in total. The summed E-state index contributed by atoms with van der Waals surface area (Å²) in [4.78, 5) is 24.7. The maximum absolute atomic E-state index is 13.8. The Labute approximate surface area is 124 Å². The molecule has 1 aromatic rings. The van der Waals surface area contributed by atoms with E-state index >= 15 is 0 Å². The van der Waals surface area contributed by atoms with Gasteiger partial charge in [0.25, 0.3) is 5.91 Å². The van der Waals surface area contributed by atoms with Gasteiger partial charge in [0.05, 0.1) is 5.56 Å². The minimum atomic E-state index is -1.08. The fraction of sp³-hybridized carbons (Fsp3) is 0.429. The minimum Gasteiger partial charge on any atom is -0.480 e. The van der Waals surface area contributed by atoms with Crippen molar-refractivity contribution in [1.82, 2.24) is 4.90 Å². The summed E-state index contributed by atoms with van der Waals surface area (Å²) in [5.41, 5.74) is -0.0903. The summed E-state index contributed by atoms with van der Waals surface area (Å²) < 4.78 is 14.4. The number of hydrogen-bond acceptors (Lipinski definition) is 2. The molecule has 6 heteroatoms. The van der Waals surface area contributed by atoms with Gasteiger partial charge in [-0.2, -0.15) is 0 Å². The van der Waals surface area contributed by atoms with Crippen LogP contribution in [0.1, 0.15) is 36.0 Å². The van der Waals surface area contributed by atoms with Gasteiger partial charge in [0, 0.05) is 10.5 Å². The first-order valence-corrected chi connectivity index (χ1v) is 7.26. The Kier molecular flexibility index (Phi) is 4.75. The number of carboxylic acid groups (broad SMARTS) is 1. The van der Waals surface area contributed by atoms with Crippen LogP contribution in [0.5, 0.6) is 0 Å². The molecule has 1 aliphatic carbocycles. The SMILES string of the molecule is O=C(O)CN(C(=O)c1cc(Br)ccc1F)C1CCCC1. The van der Waals surface area contributed by atoms with Crippen LogP contribution >= 0.6 is 15.9 Å². The number of halogens is 2. The van der Waals surface area contributed by atoms with Crippen LogP contribution in [0.4, 0.5) is 4.39 Å². The Balaban J connectivity index is 2.29. The molecule has 0 unspecified atom stereocenters. The number of amides is 1. The highest BCUT2D eigenvalue weighted by Gasteiger charge is 2.30. The molecular formula is C14H15BrFNO3. The Bertz CT molecular complexity index is 529. The number of carboxylic acids is 1. The third-order valence-electron chi connectivity index (χ3n) is 3.49. The fourth-order valence-corrected chi connectivity index (χ4v) is 2.91. The third-order valence-corrected chi connectivity index (χ3v) is 3.98. The van der Waals surface area contributed by atoms with Gasteiger partial charge in [0.15, 0.2) is 0 Å². The highest BCUT2D eigenvalue weighted by Crippen LogP contribution is 2.26. The van der Waals surface area contributed by atoms with Crippen molar-refractivity contribution in [2.24, 2.45) is 0 Å². The van der Waals surface area contributed by atoms with Crippen molar-refractivity contribution in [1.29, 1.82) is 0 Å². The number of nitrogens with zero attached hydrogens (tertiary/aromatic N) is 1. The average Bonchev–Trinajstić information content (AvgIpc) is 2.91. The Morgan fingerprint density at radius 2 is 2.00 bits per heavy atom. The van der Waals surface area contributed by atoms with E-state index in [1.807, 2.05) is 0 Å². The summed E-state index contributed by atoms with van der Waals surface area (Å²) in [5.74, 6) is -2.27. The third kappa shape index (κ3) is 3.36. The molecule has 0 heterocycles. The molecule has 0 aliphatic heterocycles. The normalized spacial score (nSPS) is 15.3. The van der Waals surface area contributed by atoms with E-state index in [0.717, 1.165) is 25.7 Å². The van der Waals surface area contributed by atoms with Crippen LogP contribution in [-0.4, -0.2) is 34.5 Å². The van der Waals surface area contributed by atoms with Crippen molar-refractivity contribution < 1.29 is 19.1 Å². The molecule has 1 saturated carbocycles. The number of aliphatic carboxylic acids is 1. The van der Waals surface area contributed by atoms with Gasteiger partial charge in [-0.3, -0.25) is 9.59 Å². The predicted molar refractivity (Wildman–Crippen MR) is 75.0 cm³/mol. The van der Waals surface area contributed by atoms with Gasteiger partial charge >= 0.3 is 5.97 Å².